The van der Waals surface area contributed by atoms with Gasteiger partial charge in [-0.3, -0.25) is 9.78 Å². The van der Waals surface area contributed by atoms with E-state index in [1.54, 1.807) is 30.5 Å². The number of pyridine rings is 1. The van der Waals surface area contributed by atoms with Crippen LogP contribution in [0.4, 0.5) is 21.5 Å². The molecule has 3 aromatic rings. The molecular weight excluding hydrogens is 367 g/mol. The summed E-state index contributed by atoms with van der Waals surface area (Å²) in [4.78, 5) is 18.9. The second-order valence-corrected chi connectivity index (χ2v) is 7.07. The number of carbonyl (C=O) groups excluding carboxylic acids is 1. The van der Waals surface area contributed by atoms with Gasteiger partial charge in [-0.2, -0.15) is 0 Å². The molecule has 1 saturated heterocycles. The third-order valence-corrected chi connectivity index (χ3v) is 5.02. The highest BCUT2D eigenvalue weighted by atomic mass is 19.1. The topological polar surface area (TPSA) is 57.3 Å². The summed E-state index contributed by atoms with van der Waals surface area (Å²) >= 11 is 0. The van der Waals surface area contributed by atoms with Gasteiger partial charge in [0, 0.05) is 48.5 Å². The summed E-state index contributed by atoms with van der Waals surface area (Å²) in [7, 11) is 0. The Kier molecular flexibility index (Phi) is 5.70. The average Bonchev–Trinajstić information content (AvgIpc) is 3.29. The van der Waals surface area contributed by atoms with Crippen LogP contribution in [0, 0.1) is 5.82 Å². The molecule has 0 atom stereocenters. The second kappa shape index (κ2) is 8.73. The Hall–Kier alpha value is -3.41. The molecule has 2 aromatic carbocycles. The first-order chi connectivity index (χ1) is 14.2. The lowest BCUT2D eigenvalue weighted by Gasteiger charge is -2.18. The van der Waals surface area contributed by atoms with Gasteiger partial charge in [-0.1, -0.05) is 18.2 Å². The van der Waals surface area contributed by atoms with Crippen LogP contribution in [0.15, 0.2) is 66.9 Å². The van der Waals surface area contributed by atoms with E-state index in [1.807, 2.05) is 18.2 Å². The van der Waals surface area contributed by atoms with Crippen molar-refractivity contribution in [3.8, 4) is 0 Å². The van der Waals surface area contributed by atoms with Gasteiger partial charge in [0.05, 0.1) is 0 Å². The summed E-state index contributed by atoms with van der Waals surface area (Å²) in [6, 6.07) is 18.2. The number of nitrogens with one attached hydrogen (secondary N) is 2. The van der Waals surface area contributed by atoms with Crippen molar-refractivity contribution in [1.82, 2.24) is 10.3 Å². The summed E-state index contributed by atoms with van der Waals surface area (Å²) in [5, 5.41) is 6.01. The van der Waals surface area contributed by atoms with Crippen LogP contribution in [0.1, 0.15) is 28.9 Å². The molecule has 1 aliphatic heterocycles. The van der Waals surface area contributed by atoms with E-state index < -0.39 is 0 Å². The van der Waals surface area contributed by atoms with Crippen LogP contribution < -0.4 is 15.5 Å². The molecular formula is C23H23FN4O. The molecule has 1 amide bonds. The first-order valence-electron chi connectivity index (χ1n) is 9.79. The van der Waals surface area contributed by atoms with Crippen molar-refractivity contribution in [2.24, 2.45) is 0 Å². The van der Waals surface area contributed by atoms with E-state index in [0.29, 0.717) is 5.56 Å². The predicted octanol–water partition coefficient (Wildman–Crippen LogP) is 4.49. The number of anilines is 3. The van der Waals surface area contributed by atoms with Crippen molar-refractivity contribution >= 4 is 23.0 Å². The highest BCUT2D eigenvalue weighted by Crippen LogP contribution is 2.24. The van der Waals surface area contributed by atoms with Gasteiger partial charge in [0.1, 0.15) is 11.5 Å². The molecule has 0 aliphatic carbocycles. The molecule has 0 bridgehead atoms. The van der Waals surface area contributed by atoms with Gasteiger partial charge in [0.25, 0.3) is 5.91 Å². The third kappa shape index (κ3) is 4.71. The van der Waals surface area contributed by atoms with Gasteiger partial charge in [0.2, 0.25) is 0 Å². The van der Waals surface area contributed by atoms with Gasteiger partial charge in [-0.05, 0) is 55.3 Å². The summed E-state index contributed by atoms with van der Waals surface area (Å²) in [5.74, 6) is -0.685. The average molecular weight is 390 g/mol. The predicted molar refractivity (Wildman–Crippen MR) is 113 cm³/mol. The molecule has 6 heteroatoms. The Labute approximate surface area is 169 Å². The molecule has 4 rings (SSSR count). The highest BCUT2D eigenvalue weighted by molar-refractivity contribution is 5.93. The zero-order valence-electron chi connectivity index (χ0n) is 16.1. The van der Waals surface area contributed by atoms with Crippen molar-refractivity contribution in [3.05, 3.63) is 83.9 Å². The molecule has 5 nitrogen and oxygen atoms in total. The summed E-state index contributed by atoms with van der Waals surface area (Å²) in [6.45, 7) is 2.34. The van der Waals surface area contributed by atoms with Crippen LogP contribution in [0.5, 0.6) is 0 Å². The van der Waals surface area contributed by atoms with Crippen LogP contribution >= 0.6 is 0 Å². The quantitative estimate of drug-likeness (QED) is 0.651. The molecule has 0 radical (unpaired) electrons. The lowest BCUT2D eigenvalue weighted by Crippen LogP contribution is -2.24. The monoisotopic (exact) mass is 390 g/mol. The van der Waals surface area contributed by atoms with Crippen LogP contribution in [0.2, 0.25) is 0 Å². The molecule has 2 heterocycles. The number of hydrogen-bond acceptors (Lipinski definition) is 4. The smallest absolute Gasteiger partial charge is 0.270 e. The zero-order valence-corrected chi connectivity index (χ0v) is 16.1. The molecule has 0 saturated carbocycles. The molecule has 1 aromatic heterocycles. The summed E-state index contributed by atoms with van der Waals surface area (Å²) < 4.78 is 13.7. The van der Waals surface area contributed by atoms with Gasteiger partial charge >= 0.3 is 0 Å². The lowest BCUT2D eigenvalue weighted by atomic mass is 10.2. The van der Waals surface area contributed by atoms with Gasteiger partial charge < -0.3 is 15.5 Å². The first-order valence-corrected chi connectivity index (χ1v) is 9.79. The van der Waals surface area contributed by atoms with E-state index in [0.717, 1.165) is 24.5 Å². The number of nitrogens with zero attached hydrogens (tertiary/aromatic N) is 2. The summed E-state index contributed by atoms with van der Waals surface area (Å²) in [5.41, 5.74) is 3.66. The van der Waals surface area contributed by atoms with E-state index in [1.165, 1.54) is 24.6 Å². The molecule has 148 valence electrons. The van der Waals surface area contributed by atoms with E-state index in [2.05, 4.69) is 32.7 Å². The van der Waals surface area contributed by atoms with Crippen molar-refractivity contribution in [1.29, 1.82) is 0 Å². The number of halogens is 1. The van der Waals surface area contributed by atoms with Crippen molar-refractivity contribution in [2.75, 3.05) is 23.3 Å². The maximum absolute atomic E-state index is 13.7. The summed E-state index contributed by atoms with van der Waals surface area (Å²) in [6.07, 6.45) is 4.08. The Bertz CT molecular complexity index is 984. The fourth-order valence-corrected chi connectivity index (χ4v) is 3.44. The first kappa shape index (κ1) is 18.9. The normalized spacial score (nSPS) is 13.3. The third-order valence-electron chi connectivity index (χ3n) is 5.02. The number of carbonyl (C=O) groups is 1. The maximum Gasteiger partial charge on any atom is 0.270 e. The zero-order chi connectivity index (χ0) is 20.1. The van der Waals surface area contributed by atoms with E-state index >= 15 is 0 Å². The van der Waals surface area contributed by atoms with Crippen molar-refractivity contribution < 1.29 is 9.18 Å². The van der Waals surface area contributed by atoms with E-state index in [-0.39, 0.29) is 24.0 Å². The minimum atomic E-state index is -0.346. The fraction of sp³-hybridized carbons (Fsp3) is 0.217. The Morgan fingerprint density at radius 2 is 1.76 bits per heavy atom. The largest absolute Gasteiger partial charge is 0.372 e. The van der Waals surface area contributed by atoms with Crippen LogP contribution in [0.25, 0.3) is 0 Å². The molecule has 0 spiro atoms. The van der Waals surface area contributed by atoms with E-state index in [4.69, 9.17) is 0 Å². The molecule has 0 unspecified atom stereocenters. The minimum Gasteiger partial charge on any atom is -0.372 e. The minimum absolute atomic E-state index is 0.114. The maximum atomic E-state index is 13.7. The van der Waals surface area contributed by atoms with Crippen molar-refractivity contribution in [2.45, 2.75) is 19.4 Å². The standard InChI is InChI=1S/C23H23FN4O/c24-21-6-2-1-5-17(21)16-26-23(29)22-15-19(11-12-25-22)27-18-7-9-20(10-8-18)28-13-3-4-14-28/h1-2,5-12,15H,3-4,13-14,16H2,(H,25,27)(H,26,29). The number of aromatic nitrogens is 1. The van der Waals surface area contributed by atoms with Gasteiger partial charge in [-0.15, -0.1) is 0 Å². The van der Waals surface area contributed by atoms with Crippen molar-refractivity contribution in [3.63, 3.8) is 0 Å². The molecule has 1 aliphatic rings. The molecule has 1 fully saturated rings. The number of benzene rings is 2. The Morgan fingerprint density at radius 3 is 2.52 bits per heavy atom. The SMILES string of the molecule is O=C(NCc1ccccc1F)c1cc(Nc2ccc(N3CCCC3)cc2)ccn1. The van der Waals surface area contributed by atoms with Crippen LogP contribution in [-0.4, -0.2) is 24.0 Å². The van der Waals surface area contributed by atoms with Gasteiger partial charge in [0.15, 0.2) is 0 Å². The second-order valence-electron chi connectivity index (χ2n) is 7.07. The fourth-order valence-electron chi connectivity index (χ4n) is 3.44. The number of amides is 1. The highest BCUT2D eigenvalue weighted by Gasteiger charge is 2.12. The Morgan fingerprint density at radius 1 is 1.00 bits per heavy atom. The van der Waals surface area contributed by atoms with Gasteiger partial charge in [-0.25, -0.2) is 4.39 Å². The molecule has 2 N–H and O–H groups in total. The lowest BCUT2D eigenvalue weighted by molar-refractivity contribution is 0.0945. The number of hydrogen-bond donors (Lipinski definition) is 2. The van der Waals surface area contributed by atoms with Crippen LogP contribution in [0.3, 0.4) is 0 Å². The Balaban J connectivity index is 1.39. The molecule has 29 heavy (non-hydrogen) atoms. The number of rotatable bonds is 6. The van der Waals surface area contributed by atoms with E-state index in [9.17, 15) is 9.18 Å². The van der Waals surface area contributed by atoms with Crippen LogP contribution in [-0.2, 0) is 6.54 Å².